The molecule has 2 rings (SSSR count). The maximum Gasteiger partial charge on any atom is 0.122 e. The fourth-order valence-corrected chi connectivity index (χ4v) is 3.42. The molecule has 3 nitrogen and oxygen atoms in total. The van der Waals surface area contributed by atoms with Crippen molar-refractivity contribution in [3.05, 3.63) is 23.7 Å². The summed E-state index contributed by atoms with van der Waals surface area (Å²) in [5.41, 5.74) is 6.42. The quantitative estimate of drug-likeness (QED) is 0.883. The predicted molar refractivity (Wildman–Crippen MR) is 79.1 cm³/mol. The number of hydrogen-bond donors (Lipinski definition) is 1. The molecule has 1 aliphatic heterocycles. The topological polar surface area (TPSA) is 42.4 Å². The predicted octanol–water partition coefficient (Wildman–Crippen LogP) is 3.63. The highest BCUT2D eigenvalue weighted by Gasteiger charge is 2.39. The third-order valence-corrected chi connectivity index (χ3v) is 4.57. The van der Waals surface area contributed by atoms with Crippen LogP contribution in [0.25, 0.3) is 0 Å². The molecule has 3 heteroatoms. The van der Waals surface area contributed by atoms with Crippen LogP contribution in [0.15, 0.2) is 16.5 Å². The molecule has 19 heavy (non-hydrogen) atoms. The molecule has 2 N–H and O–H groups in total. The lowest BCUT2D eigenvalue weighted by Crippen LogP contribution is -2.45. The lowest BCUT2D eigenvalue weighted by atomic mass is 9.99. The zero-order valence-electron chi connectivity index (χ0n) is 12.7. The Hall–Kier alpha value is -0.800. The molecule has 1 aliphatic rings. The highest BCUT2D eigenvalue weighted by atomic mass is 16.3. The van der Waals surface area contributed by atoms with E-state index in [0.29, 0.717) is 12.1 Å². The number of nitrogens with two attached hydrogens (primary N) is 1. The largest absolute Gasteiger partial charge is 0.465 e. The van der Waals surface area contributed by atoms with Crippen LogP contribution in [-0.4, -0.2) is 23.0 Å². The molecule has 0 aliphatic carbocycles. The van der Waals surface area contributed by atoms with Crippen LogP contribution < -0.4 is 5.73 Å². The second-order valence-electron chi connectivity index (χ2n) is 5.90. The zero-order chi connectivity index (χ0) is 14.0. The Morgan fingerprint density at radius 2 is 2.11 bits per heavy atom. The van der Waals surface area contributed by atoms with Gasteiger partial charge in [-0.25, -0.2) is 0 Å². The van der Waals surface area contributed by atoms with Crippen LogP contribution in [0.5, 0.6) is 0 Å². The normalized spacial score (nSPS) is 27.6. The summed E-state index contributed by atoms with van der Waals surface area (Å²) >= 11 is 0. The third kappa shape index (κ3) is 2.87. The van der Waals surface area contributed by atoms with Crippen molar-refractivity contribution in [3.8, 4) is 0 Å². The summed E-state index contributed by atoms with van der Waals surface area (Å²) in [5, 5.41) is 0. The van der Waals surface area contributed by atoms with Gasteiger partial charge in [0.05, 0.1) is 6.04 Å². The van der Waals surface area contributed by atoms with E-state index >= 15 is 0 Å². The molecular weight excluding hydrogens is 236 g/mol. The average molecular weight is 264 g/mol. The summed E-state index contributed by atoms with van der Waals surface area (Å²) in [7, 11) is 0. The summed E-state index contributed by atoms with van der Waals surface area (Å²) in [6.45, 7) is 8.76. The van der Waals surface area contributed by atoms with E-state index in [0.717, 1.165) is 17.9 Å². The molecule has 0 aromatic carbocycles. The van der Waals surface area contributed by atoms with Gasteiger partial charge in [-0.3, -0.25) is 4.90 Å². The van der Waals surface area contributed by atoms with Crippen LogP contribution in [0.3, 0.4) is 0 Å². The van der Waals surface area contributed by atoms with Crippen molar-refractivity contribution in [3.63, 3.8) is 0 Å². The second-order valence-corrected chi connectivity index (χ2v) is 5.90. The van der Waals surface area contributed by atoms with Crippen molar-refractivity contribution in [2.75, 3.05) is 0 Å². The Kier molecular flexibility index (Phi) is 4.69. The van der Waals surface area contributed by atoms with Crippen LogP contribution in [0.2, 0.25) is 0 Å². The van der Waals surface area contributed by atoms with Gasteiger partial charge in [-0.05, 0) is 51.7 Å². The highest BCUT2D eigenvalue weighted by molar-refractivity contribution is 5.13. The van der Waals surface area contributed by atoms with Crippen molar-refractivity contribution >= 4 is 0 Å². The first-order chi connectivity index (χ1) is 9.08. The SMILES string of the molecule is CCC(N)C(c1ccc(C)o1)N1C(C)CCC1CC. The summed E-state index contributed by atoms with van der Waals surface area (Å²) in [4.78, 5) is 2.60. The molecule has 0 bridgehead atoms. The van der Waals surface area contributed by atoms with Crippen molar-refractivity contribution in [2.24, 2.45) is 5.73 Å². The minimum absolute atomic E-state index is 0.139. The summed E-state index contributed by atoms with van der Waals surface area (Å²) in [6, 6.07) is 5.75. The fraction of sp³-hybridized carbons (Fsp3) is 0.750. The Bertz CT molecular complexity index is 401. The summed E-state index contributed by atoms with van der Waals surface area (Å²) in [5.74, 6) is 2.02. The lowest BCUT2D eigenvalue weighted by molar-refractivity contribution is 0.0952. The van der Waals surface area contributed by atoms with Crippen molar-refractivity contribution < 1.29 is 4.42 Å². The van der Waals surface area contributed by atoms with Crippen LogP contribution >= 0.6 is 0 Å². The van der Waals surface area contributed by atoms with Gasteiger partial charge in [-0.2, -0.15) is 0 Å². The van der Waals surface area contributed by atoms with Crippen molar-refractivity contribution in [2.45, 2.75) is 77.5 Å². The maximum absolute atomic E-state index is 6.42. The molecule has 1 fully saturated rings. The number of furan rings is 1. The first kappa shape index (κ1) is 14.6. The van der Waals surface area contributed by atoms with Crippen LogP contribution in [0, 0.1) is 6.92 Å². The number of hydrogen-bond acceptors (Lipinski definition) is 3. The molecule has 4 unspecified atom stereocenters. The van der Waals surface area contributed by atoms with Crippen molar-refractivity contribution in [1.29, 1.82) is 0 Å². The lowest BCUT2D eigenvalue weighted by Gasteiger charge is -2.38. The molecule has 0 amide bonds. The minimum atomic E-state index is 0.139. The van der Waals surface area contributed by atoms with Gasteiger partial charge in [-0.1, -0.05) is 13.8 Å². The third-order valence-electron chi connectivity index (χ3n) is 4.57. The smallest absolute Gasteiger partial charge is 0.122 e. The average Bonchev–Trinajstić information content (AvgIpc) is 2.97. The van der Waals surface area contributed by atoms with E-state index in [9.17, 15) is 0 Å². The van der Waals surface area contributed by atoms with E-state index in [1.165, 1.54) is 19.3 Å². The first-order valence-corrected chi connectivity index (χ1v) is 7.67. The summed E-state index contributed by atoms with van der Waals surface area (Å²) in [6.07, 6.45) is 4.72. The molecule has 0 radical (unpaired) electrons. The van der Waals surface area contributed by atoms with E-state index < -0.39 is 0 Å². The zero-order valence-corrected chi connectivity index (χ0v) is 12.7. The molecule has 1 aromatic heterocycles. The highest BCUT2D eigenvalue weighted by Crippen LogP contribution is 2.37. The van der Waals surface area contributed by atoms with Gasteiger partial charge >= 0.3 is 0 Å². The second kappa shape index (κ2) is 6.10. The molecular formula is C16H28N2O. The monoisotopic (exact) mass is 264 g/mol. The number of likely N-dealkylation sites (tertiary alicyclic amines) is 1. The van der Waals surface area contributed by atoms with Crippen LogP contribution in [0.4, 0.5) is 0 Å². The number of nitrogens with zero attached hydrogens (tertiary/aromatic N) is 1. The van der Waals surface area contributed by atoms with Gasteiger partial charge in [0.15, 0.2) is 0 Å². The molecule has 108 valence electrons. The Labute approximate surface area is 117 Å². The Morgan fingerprint density at radius 1 is 1.37 bits per heavy atom. The van der Waals surface area contributed by atoms with Gasteiger partial charge in [0, 0.05) is 18.1 Å². The molecule has 2 heterocycles. The van der Waals surface area contributed by atoms with E-state index in [2.05, 4.69) is 31.7 Å². The van der Waals surface area contributed by atoms with Gasteiger partial charge in [0.1, 0.15) is 11.5 Å². The molecule has 4 atom stereocenters. The van der Waals surface area contributed by atoms with E-state index in [1.54, 1.807) is 0 Å². The molecule has 1 saturated heterocycles. The number of aryl methyl sites for hydroxylation is 1. The van der Waals surface area contributed by atoms with Gasteiger partial charge < -0.3 is 10.2 Å². The molecule has 0 spiro atoms. The summed E-state index contributed by atoms with van der Waals surface area (Å²) < 4.78 is 5.90. The Balaban J connectivity index is 2.31. The Morgan fingerprint density at radius 3 is 2.63 bits per heavy atom. The minimum Gasteiger partial charge on any atom is -0.465 e. The van der Waals surface area contributed by atoms with Crippen molar-refractivity contribution in [1.82, 2.24) is 4.90 Å². The van der Waals surface area contributed by atoms with Crippen LogP contribution in [0.1, 0.15) is 64.0 Å². The standard InChI is InChI=1S/C16H28N2O/c1-5-13-9-7-11(3)18(13)16(14(17)6-2)15-10-8-12(4)19-15/h8,10-11,13-14,16H,5-7,9,17H2,1-4H3. The molecule has 1 aromatic rings. The van der Waals surface area contributed by atoms with Gasteiger partial charge in [0.2, 0.25) is 0 Å². The van der Waals surface area contributed by atoms with E-state index in [1.807, 2.05) is 13.0 Å². The van der Waals surface area contributed by atoms with Crippen LogP contribution in [-0.2, 0) is 0 Å². The van der Waals surface area contributed by atoms with Gasteiger partial charge in [-0.15, -0.1) is 0 Å². The fourth-order valence-electron chi connectivity index (χ4n) is 3.42. The number of rotatable bonds is 5. The molecule has 0 saturated carbocycles. The van der Waals surface area contributed by atoms with Gasteiger partial charge in [0.25, 0.3) is 0 Å². The van der Waals surface area contributed by atoms with E-state index in [-0.39, 0.29) is 12.1 Å². The first-order valence-electron chi connectivity index (χ1n) is 7.67. The van der Waals surface area contributed by atoms with E-state index in [4.69, 9.17) is 10.2 Å². The maximum atomic E-state index is 6.42.